The summed E-state index contributed by atoms with van der Waals surface area (Å²) in [4.78, 5) is 12.0. The number of amides is 1. The third-order valence-corrected chi connectivity index (χ3v) is 4.17. The van der Waals surface area contributed by atoms with E-state index in [1.54, 1.807) is 0 Å². The highest BCUT2D eigenvalue weighted by Crippen LogP contribution is 2.15. The average molecular weight is 311 g/mol. The first kappa shape index (κ1) is 16.9. The second kappa shape index (κ2) is 7.21. The van der Waals surface area contributed by atoms with Gasteiger partial charge in [0.2, 0.25) is 5.91 Å². The third-order valence-electron chi connectivity index (χ3n) is 4.17. The molecule has 3 atom stereocenters. The molecule has 0 radical (unpaired) electrons. The van der Waals surface area contributed by atoms with E-state index in [0.29, 0.717) is 12.8 Å². The summed E-state index contributed by atoms with van der Waals surface area (Å²) >= 11 is 0. The number of nitrogens with zero attached hydrogens (tertiary/aromatic N) is 2. The average Bonchev–Trinajstić information content (AvgIpc) is 2.76. The molecule has 1 aromatic heterocycles. The molecule has 0 bridgehead atoms. The highest BCUT2D eigenvalue weighted by molar-refractivity contribution is 5.76. The highest BCUT2D eigenvalue weighted by Gasteiger charge is 2.32. The first-order chi connectivity index (χ1) is 10.4. The zero-order chi connectivity index (χ0) is 16.3. The molecule has 0 unspecified atom stereocenters. The van der Waals surface area contributed by atoms with E-state index in [0.717, 1.165) is 23.5 Å². The molecule has 7 heteroatoms. The van der Waals surface area contributed by atoms with Crippen LogP contribution in [0.3, 0.4) is 0 Å². The van der Waals surface area contributed by atoms with Gasteiger partial charge in [-0.25, -0.2) is 0 Å². The van der Waals surface area contributed by atoms with Crippen LogP contribution in [-0.2, 0) is 22.5 Å². The summed E-state index contributed by atoms with van der Waals surface area (Å²) in [6.45, 7) is 7.11. The predicted molar refractivity (Wildman–Crippen MR) is 80.5 cm³/mol. The Bertz CT molecular complexity index is 529. The summed E-state index contributed by atoms with van der Waals surface area (Å²) in [5, 5.41) is 26.5. The van der Waals surface area contributed by atoms with E-state index in [1.807, 2.05) is 25.5 Å². The van der Waals surface area contributed by atoms with Crippen LogP contribution in [0.2, 0.25) is 0 Å². The molecule has 22 heavy (non-hydrogen) atoms. The lowest BCUT2D eigenvalue weighted by atomic mass is 10.0. The number of hydrogen-bond donors (Lipinski definition) is 3. The number of carbonyl (C=O) groups excluding carboxylic acids is 1. The van der Waals surface area contributed by atoms with Gasteiger partial charge in [0.25, 0.3) is 0 Å². The Hall–Kier alpha value is -1.44. The molecule has 1 aliphatic heterocycles. The SMILES string of the molecule is CCn1nc(C)c(CCC(=O)N[C@@H]2COC[C@@H](O)[C@H]2O)c1C. The van der Waals surface area contributed by atoms with Gasteiger partial charge < -0.3 is 20.3 Å². The predicted octanol–water partition coefficient (Wildman–Crippen LogP) is -0.311. The summed E-state index contributed by atoms with van der Waals surface area (Å²) < 4.78 is 7.07. The Morgan fingerprint density at radius 1 is 1.41 bits per heavy atom. The van der Waals surface area contributed by atoms with Crippen molar-refractivity contribution >= 4 is 5.91 Å². The monoisotopic (exact) mass is 311 g/mol. The molecular formula is C15H25N3O4. The molecule has 2 rings (SSSR count). The summed E-state index contributed by atoms with van der Waals surface area (Å²) in [7, 11) is 0. The van der Waals surface area contributed by atoms with E-state index >= 15 is 0 Å². The number of aromatic nitrogens is 2. The van der Waals surface area contributed by atoms with Gasteiger partial charge in [-0.15, -0.1) is 0 Å². The van der Waals surface area contributed by atoms with Gasteiger partial charge >= 0.3 is 0 Å². The van der Waals surface area contributed by atoms with Crippen LogP contribution in [0.4, 0.5) is 0 Å². The fourth-order valence-electron chi connectivity index (χ4n) is 2.83. The maximum absolute atomic E-state index is 12.0. The van der Waals surface area contributed by atoms with E-state index < -0.39 is 18.2 Å². The van der Waals surface area contributed by atoms with Gasteiger partial charge in [0.15, 0.2) is 0 Å². The number of hydrogen-bond acceptors (Lipinski definition) is 5. The Balaban J connectivity index is 1.89. The fraction of sp³-hybridized carbons (Fsp3) is 0.733. The van der Waals surface area contributed by atoms with Gasteiger partial charge in [-0.05, 0) is 32.8 Å². The van der Waals surface area contributed by atoms with Crippen LogP contribution in [0.5, 0.6) is 0 Å². The molecule has 0 saturated carbocycles. The first-order valence-corrected chi connectivity index (χ1v) is 7.70. The lowest BCUT2D eigenvalue weighted by Crippen LogP contribution is -2.55. The molecule has 2 heterocycles. The third kappa shape index (κ3) is 3.66. The van der Waals surface area contributed by atoms with Crippen molar-refractivity contribution in [3.63, 3.8) is 0 Å². The van der Waals surface area contributed by atoms with Crippen molar-refractivity contribution < 1.29 is 19.7 Å². The van der Waals surface area contributed by atoms with Crippen LogP contribution in [0.25, 0.3) is 0 Å². The van der Waals surface area contributed by atoms with Crippen LogP contribution in [-0.4, -0.2) is 57.4 Å². The van der Waals surface area contributed by atoms with Crippen molar-refractivity contribution in [2.24, 2.45) is 0 Å². The minimum absolute atomic E-state index is 0.0993. The lowest BCUT2D eigenvalue weighted by Gasteiger charge is -2.32. The standard InChI is InChI=1S/C15H25N3O4/c1-4-18-10(3)11(9(2)17-18)5-6-14(20)16-12-7-22-8-13(19)15(12)21/h12-13,15,19,21H,4-8H2,1-3H3,(H,16,20)/t12-,13-,15+/m1/s1. The number of carbonyl (C=O) groups is 1. The summed E-state index contributed by atoms with van der Waals surface area (Å²) in [5.74, 6) is -0.162. The minimum Gasteiger partial charge on any atom is -0.388 e. The van der Waals surface area contributed by atoms with E-state index in [9.17, 15) is 15.0 Å². The van der Waals surface area contributed by atoms with Crippen LogP contribution in [0.15, 0.2) is 0 Å². The molecule has 1 fully saturated rings. The minimum atomic E-state index is -0.982. The summed E-state index contributed by atoms with van der Waals surface area (Å²) in [6, 6.07) is -0.559. The Kier molecular flexibility index (Phi) is 5.55. The zero-order valence-electron chi connectivity index (χ0n) is 13.4. The normalized spacial score (nSPS) is 25.2. The van der Waals surface area contributed by atoms with Crippen LogP contribution in [0, 0.1) is 13.8 Å². The molecule has 0 spiro atoms. The van der Waals surface area contributed by atoms with Crippen molar-refractivity contribution in [3.8, 4) is 0 Å². The Morgan fingerprint density at radius 2 is 2.14 bits per heavy atom. The van der Waals surface area contributed by atoms with Crippen LogP contribution < -0.4 is 5.32 Å². The molecule has 124 valence electrons. The molecule has 1 aromatic rings. The molecule has 0 aromatic carbocycles. The molecule has 7 nitrogen and oxygen atoms in total. The number of ether oxygens (including phenoxy) is 1. The first-order valence-electron chi connectivity index (χ1n) is 7.70. The molecular weight excluding hydrogens is 286 g/mol. The van der Waals surface area contributed by atoms with Crippen molar-refractivity contribution in [2.75, 3.05) is 13.2 Å². The van der Waals surface area contributed by atoms with Crippen molar-refractivity contribution in [1.82, 2.24) is 15.1 Å². The zero-order valence-corrected chi connectivity index (χ0v) is 13.4. The van der Waals surface area contributed by atoms with Crippen LogP contribution in [0.1, 0.15) is 30.3 Å². The quantitative estimate of drug-likeness (QED) is 0.693. The number of rotatable bonds is 5. The Morgan fingerprint density at radius 3 is 2.77 bits per heavy atom. The smallest absolute Gasteiger partial charge is 0.220 e. The second-order valence-electron chi connectivity index (χ2n) is 5.73. The van der Waals surface area contributed by atoms with Gasteiger partial charge in [0.1, 0.15) is 12.2 Å². The van der Waals surface area contributed by atoms with E-state index in [2.05, 4.69) is 10.4 Å². The fourth-order valence-corrected chi connectivity index (χ4v) is 2.83. The van der Waals surface area contributed by atoms with Crippen molar-refractivity contribution in [3.05, 3.63) is 17.0 Å². The van der Waals surface area contributed by atoms with Crippen LogP contribution >= 0.6 is 0 Å². The van der Waals surface area contributed by atoms with E-state index in [-0.39, 0.29) is 19.1 Å². The molecule has 1 aliphatic rings. The maximum Gasteiger partial charge on any atom is 0.220 e. The van der Waals surface area contributed by atoms with Gasteiger partial charge in [-0.1, -0.05) is 0 Å². The van der Waals surface area contributed by atoms with Gasteiger partial charge in [0, 0.05) is 18.7 Å². The summed E-state index contributed by atoms with van der Waals surface area (Å²) in [5.41, 5.74) is 3.13. The second-order valence-corrected chi connectivity index (χ2v) is 5.73. The molecule has 0 aliphatic carbocycles. The summed E-state index contributed by atoms with van der Waals surface area (Å²) in [6.07, 6.45) is -1.01. The maximum atomic E-state index is 12.0. The van der Waals surface area contributed by atoms with Gasteiger partial charge in [-0.3, -0.25) is 9.48 Å². The molecule has 1 amide bonds. The van der Waals surface area contributed by atoms with Crippen molar-refractivity contribution in [2.45, 2.75) is 58.4 Å². The number of nitrogens with one attached hydrogen (secondary N) is 1. The van der Waals surface area contributed by atoms with Crippen molar-refractivity contribution in [1.29, 1.82) is 0 Å². The lowest BCUT2D eigenvalue weighted by molar-refractivity contribution is -0.131. The van der Waals surface area contributed by atoms with E-state index in [4.69, 9.17) is 4.74 Å². The molecule has 1 saturated heterocycles. The highest BCUT2D eigenvalue weighted by atomic mass is 16.5. The number of aryl methyl sites for hydroxylation is 2. The van der Waals surface area contributed by atoms with Gasteiger partial charge in [-0.2, -0.15) is 5.10 Å². The number of aliphatic hydroxyl groups excluding tert-OH is 2. The number of aliphatic hydroxyl groups is 2. The van der Waals surface area contributed by atoms with E-state index in [1.165, 1.54) is 0 Å². The topological polar surface area (TPSA) is 96.6 Å². The largest absolute Gasteiger partial charge is 0.388 e. The van der Waals surface area contributed by atoms with Gasteiger partial charge in [0.05, 0.1) is 24.9 Å². The molecule has 3 N–H and O–H groups in total. The Labute approximate surface area is 130 Å².